The van der Waals surface area contributed by atoms with E-state index in [1.165, 1.54) is 23.5 Å². The molecule has 0 aliphatic carbocycles. The van der Waals surface area contributed by atoms with Crippen LogP contribution < -0.4 is 5.32 Å². The minimum atomic E-state index is -0.507. The Hall–Kier alpha value is -1.97. The number of anilines is 1. The third-order valence-corrected chi connectivity index (χ3v) is 6.70. The van der Waals surface area contributed by atoms with E-state index in [4.69, 9.17) is 16.3 Å². The van der Waals surface area contributed by atoms with E-state index in [-0.39, 0.29) is 29.0 Å². The van der Waals surface area contributed by atoms with Crippen molar-refractivity contribution < 1.29 is 18.7 Å². The molecule has 0 radical (unpaired) electrons. The molecule has 0 saturated carbocycles. The van der Waals surface area contributed by atoms with Gasteiger partial charge in [0, 0.05) is 25.7 Å². The van der Waals surface area contributed by atoms with Gasteiger partial charge in [0.15, 0.2) is 5.13 Å². The maximum absolute atomic E-state index is 13.5. The van der Waals surface area contributed by atoms with Crippen molar-refractivity contribution in [1.82, 2.24) is 14.8 Å². The van der Waals surface area contributed by atoms with Gasteiger partial charge in [-0.2, -0.15) is 0 Å². The number of nitrogens with one attached hydrogen (secondary N) is 1. The van der Waals surface area contributed by atoms with Crippen LogP contribution in [0.1, 0.15) is 33.6 Å². The largest absolute Gasteiger partial charge is 0.444 e. The van der Waals surface area contributed by atoms with Gasteiger partial charge >= 0.3 is 6.09 Å². The van der Waals surface area contributed by atoms with E-state index in [2.05, 4.69) is 15.2 Å². The molecule has 2 amide bonds. The Labute approximate surface area is 189 Å². The van der Waals surface area contributed by atoms with Crippen molar-refractivity contribution >= 4 is 50.3 Å². The van der Waals surface area contributed by atoms with Gasteiger partial charge < -0.3 is 15.0 Å². The van der Waals surface area contributed by atoms with Gasteiger partial charge in [0.05, 0.1) is 15.6 Å². The number of fused-ring (bicyclic) bond motifs is 1. The lowest BCUT2D eigenvalue weighted by Crippen LogP contribution is -2.63. The number of hydrogen-bond acceptors (Lipinski definition) is 6. The van der Waals surface area contributed by atoms with Crippen molar-refractivity contribution in [3.8, 4) is 0 Å². The molecule has 3 heterocycles. The number of benzene rings is 1. The van der Waals surface area contributed by atoms with Crippen molar-refractivity contribution in [1.29, 1.82) is 0 Å². The van der Waals surface area contributed by atoms with Crippen LogP contribution in [-0.2, 0) is 9.53 Å². The van der Waals surface area contributed by atoms with E-state index in [9.17, 15) is 14.0 Å². The van der Waals surface area contributed by atoms with Crippen LogP contribution in [0.3, 0.4) is 0 Å². The molecule has 2 aliphatic rings. The van der Waals surface area contributed by atoms with Crippen molar-refractivity contribution in [3.05, 3.63) is 23.0 Å². The van der Waals surface area contributed by atoms with Crippen LogP contribution in [0, 0.1) is 11.7 Å². The van der Waals surface area contributed by atoms with Gasteiger partial charge in [-0.15, -0.1) is 0 Å². The maximum Gasteiger partial charge on any atom is 0.410 e. The number of carbonyl (C=O) groups is 2. The van der Waals surface area contributed by atoms with Crippen molar-refractivity contribution in [2.24, 2.45) is 5.92 Å². The second-order valence-electron chi connectivity index (χ2n) is 9.12. The first-order valence-corrected chi connectivity index (χ1v) is 11.6. The number of piperidine rings is 1. The van der Waals surface area contributed by atoms with Gasteiger partial charge in [-0.3, -0.25) is 9.69 Å². The fourth-order valence-corrected chi connectivity index (χ4v) is 5.16. The Bertz CT molecular complexity index is 1000. The molecule has 2 saturated heterocycles. The van der Waals surface area contributed by atoms with Gasteiger partial charge in [0.1, 0.15) is 16.9 Å². The molecule has 1 unspecified atom stereocenters. The predicted octanol–water partition coefficient (Wildman–Crippen LogP) is 4.36. The zero-order valence-corrected chi connectivity index (χ0v) is 19.4. The summed E-state index contributed by atoms with van der Waals surface area (Å²) >= 11 is 7.26. The number of carbonyl (C=O) groups excluding carboxylic acids is 2. The quantitative estimate of drug-likeness (QED) is 0.724. The number of nitrogens with zero attached hydrogens (tertiary/aromatic N) is 3. The van der Waals surface area contributed by atoms with Gasteiger partial charge in [-0.1, -0.05) is 22.9 Å². The molecule has 1 atom stereocenters. The smallest absolute Gasteiger partial charge is 0.410 e. The number of aromatic nitrogens is 1. The van der Waals surface area contributed by atoms with Gasteiger partial charge in [-0.25, -0.2) is 14.2 Å². The molecule has 0 bridgehead atoms. The fourth-order valence-electron chi connectivity index (χ4n) is 3.93. The summed E-state index contributed by atoms with van der Waals surface area (Å²) in [5, 5.41) is 3.52. The highest BCUT2D eigenvalue weighted by Crippen LogP contribution is 2.32. The molecule has 2 aliphatic heterocycles. The Kier molecular flexibility index (Phi) is 6.11. The summed E-state index contributed by atoms with van der Waals surface area (Å²) in [6.45, 7) is 8.34. The van der Waals surface area contributed by atoms with Crippen LogP contribution in [0.25, 0.3) is 10.2 Å². The van der Waals surface area contributed by atoms with E-state index in [1.807, 2.05) is 20.8 Å². The molecule has 1 aromatic heterocycles. The summed E-state index contributed by atoms with van der Waals surface area (Å²) < 4.78 is 19.6. The summed E-state index contributed by atoms with van der Waals surface area (Å²) in [7, 11) is 0. The maximum atomic E-state index is 13.5. The first-order chi connectivity index (χ1) is 14.6. The lowest BCUT2D eigenvalue weighted by Gasteiger charge is -2.47. The zero-order chi connectivity index (χ0) is 22.3. The highest BCUT2D eigenvalue weighted by Gasteiger charge is 2.39. The number of ether oxygens (including phenoxy) is 1. The van der Waals surface area contributed by atoms with E-state index >= 15 is 0 Å². The Morgan fingerprint density at radius 3 is 2.74 bits per heavy atom. The van der Waals surface area contributed by atoms with Crippen molar-refractivity contribution in [3.63, 3.8) is 0 Å². The van der Waals surface area contributed by atoms with Crippen LogP contribution in [0.5, 0.6) is 0 Å². The minimum Gasteiger partial charge on any atom is -0.444 e. The molecular weight excluding hydrogens is 443 g/mol. The number of thiazole rings is 1. The second-order valence-corrected chi connectivity index (χ2v) is 10.6. The average molecular weight is 469 g/mol. The highest BCUT2D eigenvalue weighted by molar-refractivity contribution is 7.22. The van der Waals surface area contributed by atoms with Crippen LogP contribution >= 0.6 is 22.9 Å². The molecule has 2 aromatic rings. The molecule has 7 nitrogen and oxygen atoms in total. The molecule has 168 valence electrons. The topological polar surface area (TPSA) is 74.8 Å². The van der Waals surface area contributed by atoms with Crippen LogP contribution in [0.15, 0.2) is 12.1 Å². The number of likely N-dealkylation sites (tertiary alicyclic amines) is 2. The monoisotopic (exact) mass is 468 g/mol. The van der Waals surface area contributed by atoms with Crippen LogP contribution in [-0.4, -0.2) is 64.6 Å². The van der Waals surface area contributed by atoms with Gasteiger partial charge in [0.2, 0.25) is 5.91 Å². The van der Waals surface area contributed by atoms with Gasteiger partial charge in [-0.05, 0) is 52.3 Å². The van der Waals surface area contributed by atoms with Gasteiger partial charge in [0.25, 0.3) is 0 Å². The fraction of sp³-hybridized carbons (Fsp3) is 0.571. The third kappa shape index (κ3) is 5.10. The summed E-state index contributed by atoms with van der Waals surface area (Å²) in [6, 6.07) is 2.82. The normalized spacial score (nSPS) is 20.5. The Balaban J connectivity index is 1.32. The molecule has 31 heavy (non-hydrogen) atoms. The molecule has 4 rings (SSSR count). The molecule has 0 spiro atoms. The van der Waals surface area contributed by atoms with Crippen molar-refractivity contribution in [2.45, 2.75) is 45.3 Å². The summed E-state index contributed by atoms with van der Waals surface area (Å²) in [6.07, 6.45) is 1.42. The number of rotatable bonds is 3. The van der Waals surface area contributed by atoms with E-state index < -0.39 is 11.4 Å². The zero-order valence-electron chi connectivity index (χ0n) is 17.8. The molecule has 2 fully saturated rings. The molecule has 1 N–H and O–H groups in total. The molecular formula is C21H26ClFN4O3S. The van der Waals surface area contributed by atoms with E-state index in [1.54, 1.807) is 4.90 Å². The van der Waals surface area contributed by atoms with Crippen LogP contribution in [0.2, 0.25) is 5.02 Å². The lowest BCUT2D eigenvalue weighted by atomic mass is 9.94. The molecule has 10 heteroatoms. The minimum absolute atomic E-state index is 0.0938. The Morgan fingerprint density at radius 1 is 1.29 bits per heavy atom. The number of amides is 2. The summed E-state index contributed by atoms with van der Waals surface area (Å²) in [5.41, 5.74) is -0.0158. The molecule has 1 aromatic carbocycles. The SMILES string of the molecule is CC(C)(C)OC(=O)N1CC(N2CCCC(C(=O)Nc3nc4c(Cl)cc(F)cc4s3)C2)C1. The summed E-state index contributed by atoms with van der Waals surface area (Å²) in [5.74, 6) is -0.685. The third-order valence-electron chi connectivity index (χ3n) is 5.50. The summed E-state index contributed by atoms with van der Waals surface area (Å²) in [4.78, 5) is 33.3. The predicted molar refractivity (Wildman–Crippen MR) is 119 cm³/mol. The first kappa shape index (κ1) is 22.2. The van der Waals surface area contributed by atoms with E-state index in [0.29, 0.717) is 35.0 Å². The van der Waals surface area contributed by atoms with Crippen molar-refractivity contribution in [2.75, 3.05) is 31.5 Å². The number of hydrogen-bond donors (Lipinski definition) is 1. The average Bonchev–Trinajstić information content (AvgIpc) is 3.01. The first-order valence-electron chi connectivity index (χ1n) is 10.4. The van der Waals surface area contributed by atoms with E-state index in [0.717, 1.165) is 19.4 Å². The Morgan fingerprint density at radius 2 is 2.03 bits per heavy atom. The second kappa shape index (κ2) is 8.52. The standard InChI is InChI=1S/C21H26ClFN4O3S/c1-21(2,3)30-20(29)27-10-14(11-27)26-6-4-5-12(9-26)18(28)25-19-24-17-15(22)7-13(23)8-16(17)31-19/h7-8,12,14H,4-6,9-11H2,1-3H3,(H,24,25,28). The highest BCUT2D eigenvalue weighted by atomic mass is 35.5. The van der Waals surface area contributed by atoms with Crippen LogP contribution in [0.4, 0.5) is 14.3 Å². The lowest BCUT2D eigenvalue weighted by molar-refractivity contribution is -0.122. The number of halogens is 2.